The summed E-state index contributed by atoms with van der Waals surface area (Å²) >= 11 is 5.82. The molecule has 0 bridgehead atoms. The molecule has 1 aromatic carbocycles. The van der Waals surface area contributed by atoms with Crippen molar-refractivity contribution in [2.45, 2.75) is 13.0 Å². The van der Waals surface area contributed by atoms with Gasteiger partial charge >= 0.3 is 0 Å². The molecule has 0 aliphatic carbocycles. The van der Waals surface area contributed by atoms with E-state index in [-0.39, 0.29) is 0 Å². The molecular weight excluding hydrogens is 264 g/mol. The van der Waals surface area contributed by atoms with E-state index in [1.54, 1.807) is 42.2 Å². The number of rotatable bonds is 4. The van der Waals surface area contributed by atoms with Gasteiger partial charge in [0.2, 0.25) is 5.91 Å². The summed E-state index contributed by atoms with van der Waals surface area (Å²) in [5.74, 6) is -0.453. The SMILES string of the molecule is Cc1nn(C)cc1C(Nc1ccc(Cl)cc1)C(N)=O. The van der Waals surface area contributed by atoms with Crippen LogP contribution >= 0.6 is 11.6 Å². The van der Waals surface area contributed by atoms with Crippen LogP contribution in [0.3, 0.4) is 0 Å². The first-order valence-corrected chi connectivity index (χ1v) is 6.16. The second-order valence-electron chi connectivity index (χ2n) is 4.33. The fraction of sp³-hybridized carbons (Fsp3) is 0.231. The Bertz CT molecular complexity index is 591. The van der Waals surface area contributed by atoms with Gasteiger partial charge in [0, 0.05) is 29.5 Å². The summed E-state index contributed by atoms with van der Waals surface area (Å²) in [6.45, 7) is 1.84. The molecule has 2 rings (SSSR count). The smallest absolute Gasteiger partial charge is 0.244 e. The Kier molecular flexibility index (Phi) is 3.76. The van der Waals surface area contributed by atoms with Gasteiger partial charge < -0.3 is 11.1 Å². The Morgan fingerprint density at radius 1 is 1.42 bits per heavy atom. The van der Waals surface area contributed by atoms with Crippen LogP contribution in [-0.4, -0.2) is 15.7 Å². The minimum atomic E-state index is -0.616. The fourth-order valence-electron chi connectivity index (χ4n) is 1.92. The largest absolute Gasteiger partial charge is 0.370 e. The van der Waals surface area contributed by atoms with Gasteiger partial charge in [-0.1, -0.05) is 11.6 Å². The zero-order valence-electron chi connectivity index (χ0n) is 10.7. The van der Waals surface area contributed by atoms with E-state index in [0.717, 1.165) is 16.9 Å². The lowest BCUT2D eigenvalue weighted by atomic mass is 10.1. The number of hydrogen-bond acceptors (Lipinski definition) is 3. The van der Waals surface area contributed by atoms with Gasteiger partial charge in [-0.2, -0.15) is 5.10 Å². The predicted molar refractivity (Wildman–Crippen MR) is 75.0 cm³/mol. The number of primary amides is 1. The molecule has 1 unspecified atom stereocenters. The molecule has 2 aromatic rings. The molecule has 0 fully saturated rings. The lowest BCUT2D eigenvalue weighted by molar-refractivity contribution is -0.118. The number of nitrogens with two attached hydrogens (primary N) is 1. The Morgan fingerprint density at radius 3 is 2.53 bits per heavy atom. The minimum Gasteiger partial charge on any atom is -0.370 e. The normalized spacial score (nSPS) is 12.2. The van der Waals surface area contributed by atoms with Gasteiger partial charge in [0.25, 0.3) is 0 Å². The van der Waals surface area contributed by atoms with Crippen molar-refractivity contribution in [3.05, 3.63) is 46.7 Å². The van der Waals surface area contributed by atoms with Crippen LogP contribution in [-0.2, 0) is 11.8 Å². The van der Waals surface area contributed by atoms with E-state index in [1.165, 1.54) is 0 Å². The average molecular weight is 279 g/mol. The summed E-state index contributed by atoms with van der Waals surface area (Å²) in [5, 5.41) is 7.95. The maximum Gasteiger partial charge on any atom is 0.244 e. The summed E-state index contributed by atoms with van der Waals surface area (Å²) in [5.41, 5.74) is 7.77. The number of nitrogens with one attached hydrogen (secondary N) is 1. The highest BCUT2D eigenvalue weighted by atomic mass is 35.5. The Labute approximate surface area is 116 Å². The molecule has 1 heterocycles. The summed E-state index contributed by atoms with van der Waals surface area (Å²) in [7, 11) is 1.80. The quantitative estimate of drug-likeness (QED) is 0.899. The van der Waals surface area contributed by atoms with Gasteiger partial charge in [0.05, 0.1) is 5.69 Å². The third-order valence-corrected chi connectivity index (χ3v) is 3.05. The topological polar surface area (TPSA) is 72.9 Å². The van der Waals surface area contributed by atoms with E-state index in [9.17, 15) is 4.79 Å². The molecule has 0 aliphatic rings. The molecule has 0 saturated carbocycles. The van der Waals surface area contributed by atoms with Gasteiger partial charge in [0.1, 0.15) is 6.04 Å². The number of aromatic nitrogens is 2. The zero-order valence-corrected chi connectivity index (χ0v) is 11.5. The number of aryl methyl sites for hydroxylation is 2. The van der Waals surface area contributed by atoms with Crippen molar-refractivity contribution in [2.75, 3.05) is 5.32 Å². The molecule has 0 radical (unpaired) electrons. The van der Waals surface area contributed by atoms with Crippen molar-refractivity contribution < 1.29 is 4.79 Å². The first-order chi connectivity index (χ1) is 8.97. The maximum absolute atomic E-state index is 11.6. The van der Waals surface area contributed by atoms with E-state index in [0.29, 0.717) is 5.02 Å². The first kappa shape index (κ1) is 13.4. The highest BCUT2D eigenvalue weighted by Gasteiger charge is 2.21. The van der Waals surface area contributed by atoms with Crippen LogP contribution in [0.2, 0.25) is 5.02 Å². The summed E-state index contributed by atoms with van der Waals surface area (Å²) < 4.78 is 1.66. The van der Waals surface area contributed by atoms with E-state index < -0.39 is 11.9 Å². The lowest BCUT2D eigenvalue weighted by Gasteiger charge is -2.16. The van der Waals surface area contributed by atoms with Crippen molar-refractivity contribution in [3.8, 4) is 0 Å². The number of amides is 1. The van der Waals surface area contributed by atoms with Gasteiger partial charge in [-0.05, 0) is 31.2 Å². The third kappa shape index (κ3) is 3.06. The molecule has 6 heteroatoms. The number of carbonyl (C=O) groups is 1. The molecule has 1 atom stereocenters. The monoisotopic (exact) mass is 278 g/mol. The predicted octanol–water partition coefficient (Wildman–Crippen LogP) is 2.02. The van der Waals surface area contributed by atoms with Crippen molar-refractivity contribution in [1.29, 1.82) is 0 Å². The number of benzene rings is 1. The molecule has 3 N–H and O–H groups in total. The molecule has 0 saturated heterocycles. The second kappa shape index (κ2) is 5.32. The Hall–Kier alpha value is -2.01. The van der Waals surface area contributed by atoms with Gasteiger partial charge in [-0.3, -0.25) is 9.48 Å². The number of hydrogen-bond donors (Lipinski definition) is 2. The summed E-state index contributed by atoms with van der Waals surface area (Å²) in [4.78, 5) is 11.6. The Balaban J connectivity index is 2.29. The molecule has 100 valence electrons. The molecule has 1 aromatic heterocycles. The standard InChI is InChI=1S/C13H15ClN4O/c1-8-11(7-18(2)17-8)12(13(15)19)16-10-5-3-9(14)4-6-10/h3-7,12,16H,1-2H3,(H2,15,19). The minimum absolute atomic E-state index is 0.453. The third-order valence-electron chi connectivity index (χ3n) is 2.80. The molecule has 0 aliphatic heterocycles. The molecular formula is C13H15ClN4O. The average Bonchev–Trinajstić information content (AvgIpc) is 2.67. The highest BCUT2D eigenvalue weighted by Crippen LogP contribution is 2.22. The van der Waals surface area contributed by atoms with Crippen LogP contribution in [0.15, 0.2) is 30.5 Å². The number of carbonyl (C=O) groups excluding carboxylic acids is 1. The number of anilines is 1. The zero-order chi connectivity index (χ0) is 14.0. The van der Waals surface area contributed by atoms with E-state index in [4.69, 9.17) is 17.3 Å². The lowest BCUT2D eigenvalue weighted by Crippen LogP contribution is -2.28. The maximum atomic E-state index is 11.6. The van der Waals surface area contributed by atoms with Gasteiger partial charge in [0.15, 0.2) is 0 Å². The molecule has 5 nitrogen and oxygen atoms in total. The fourth-order valence-corrected chi connectivity index (χ4v) is 2.04. The molecule has 1 amide bonds. The van der Waals surface area contributed by atoms with Crippen LogP contribution in [0, 0.1) is 6.92 Å². The van der Waals surface area contributed by atoms with Gasteiger partial charge in [-0.15, -0.1) is 0 Å². The van der Waals surface area contributed by atoms with Crippen LogP contribution in [0.1, 0.15) is 17.3 Å². The van der Waals surface area contributed by atoms with E-state index >= 15 is 0 Å². The second-order valence-corrected chi connectivity index (χ2v) is 4.77. The molecule has 0 spiro atoms. The Morgan fingerprint density at radius 2 is 2.05 bits per heavy atom. The van der Waals surface area contributed by atoms with Crippen LogP contribution < -0.4 is 11.1 Å². The highest BCUT2D eigenvalue weighted by molar-refractivity contribution is 6.30. The van der Waals surface area contributed by atoms with Crippen molar-refractivity contribution >= 4 is 23.2 Å². The van der Waals surface area contributed by atoms with Crippen LogP contribution in [0.25, 0.3) is 0 Å². The van der Waals surface area contributed by atoms with Crippen LogP contribution in [0.4, 0.5) is 5.69 Å². The van der Waals surface area contributed by atoms with Crippen molar-refractivity contribution in [3.63, 3.8) is 0 Å². The van der Waals surface area contributed by atoms with Crippen LogP contribution in [0.5, 0.6) is 0 Å². The van der Waals surface area contributed by atoms with Crippen molar-refractivity contribution in [1.82, 2.24) is 9.78 Å². The van der Waals surface area contributed by atoms with E-state index in [2.05, 4.69) is 10.4 Å². The van der Waals surface area contributed by atoms with Gasteiger partial charge in [-0.25, -0.2) is 0 Å². The molecule has 19 heavy (non-hydrogen) atoms. The number of halogens is 1. The number of nitrogens with zero attached hydrogens (tertiary/aromatic N) is 2. The van der Waals surface area contributed by atoms with Crippen molar-refractivity contribution in [2.24, 2.45) is 12.8 Å². The first-order valence-electron chi connectivity index (χ1n) is 5.79. The summed E-state index contributed by atoms with van der Waals surface area (Å²) in [6, 6.07) is 6.47. The van der Waals surface area contributed by atoms with E-state index in [1.807, 2.05) is 6.92 Å². The summed E-state index contributed by atoms with van der Waals surface area (Å²) in [6.07, 6.45) is 1.79.